The van der Waals surface area contributed by atoms with Crippen molar-refractivity contribution in [2.45, 2.75) is 33.7 Å². The van der Waals surface area contributed by atoms with Gasteiger partial charge in [-0.3, -0.25) is 20.1 Å². The SMILES string of the molecule is CCCN1CCN(Cc2ccc(C(=O)NN(CC(C)C)c3ccnc(C#N)n3)cc2)CC1. The first-order valence-corrected chi connectivity index (χ1v) is 11.3. The highest BCUT2D eigenvalue weighted by Crippen LogP contribution is 2.13. The maximum absolute atomic E-state index is 12.9. The molecule has 1 aliphatic rings. The van der Waals surface area contributed by atoms with Crippen LogP contribution >= 0.6 is 0 Å². The highest BCUT2D eigenvalue weighted by Gasteiger charge is 2.18. The Labute approximate surface area is 190 Å². The molecule has 32 heavy (non-hydrogen) atoms. The number of hydrazine groups is 1. The smallest absolute Gasteiger partial charge is 0.269 e. The van der Waals surface area contributed by atoms with Crippen molar-refractivity contribution < 1.29 is 4.79 Å². The topological polar surface area (TPSA) is 88.4 Å². The number of rotatable bonds is 9. The van der Waals surface area contributed by atoms with Crippen LogP contribution in [0.25, 0.3) is 0 Å². The van der Waals surface area contributed by atoms with Crippen LogP contribution in [-0.4, -0.2) is 64.9 Å². The monoisotopic (exact) mass is 435 g/mol. The molecule has 8 nitrogen and oxygen atoms in total. The zero-order valence-corrected chi connectivity index (χ0v) is 19.3. The van der Waals surface area contributed by atoms with E-state index >= 15 is 0 Å². The second-order valence-corrected chi connectivity index (χ2v) is 8.61. The van der Waals surface area contributed by atoms with E-state index in [4.69, 9.17) is 5.26 Å². The van der Waals surface area contributed by atoms with Crippen LogP contribution in [-0.2, 0) is 6.54 Å². The highest BCUT2D eigenvalue weighted by atomic mass is 16.2. The molecule has 0 spiro atoms. The molecule has 2 aromatic rings. The molecular weight excluding hydrogens is 402 g/mol. The molecule has 1 N–H and O–H groups in total. The summed E-state index contributed by atoms with van der Waals surface area (Å²) in [5, 5.41) is 10.8. The van der Waals surface area contributed by atoms with Gasteiger partial charge in [0.15, 0.2) is 5.82 Å². The van der Waals surface area contributed by atoms with E-state index in [1.165, 1.54) is 24.7 Å². The fraction of sp³-hybridized carbons (Fsp3) is 0.500. The summed E-state index contributed by atoms with van der Waals surface area (Å²) in [6.45, 7) is 13.4. The molecule has 1 saturated heterocycles. The minimum Gasteiger partial charge on any atom is -0.301 e. The number of benzene rings is 1. The van der Waals surface area contributed by atoms with Gasteiger partial charge in [-0.15, -0.1) is 0 Å². The van der Waals surface area contributed by atoms with Gasteiger partial charge in [-0.25, -0.2) is 4.98 Å². The van der Waals surface area contributed by atoms with Crippen molar-refractivity contribution in [2.75, 3.05) is 44.3 Å². The van der Waals surface area contributed by atoms with Gasteiger partial charge in [-0.2, -0.15) is 10.2 Å². The number of piperazine rings is 1. The third-order valence-corrected chi connectivity index (χ3v) is 5.43. The van der Waals surface area contributed by atoms with Crippen LogP contribution < -0.4 is 10.4 Å². The summed E-state index contributed by atoms with van der Waals surface area (Å²) in [7, 11) is 0. The van der Waals surface area contributed by atoms with Crippen LogP contribution in [0.5, 0.6) is 0 Å². The predicted molar refractivity (Wildman–Crippen MR) is 125 cm³/mol. The third-order valence-electron chi connectivity index (χ3n) is 5.43. The number of carbonyl (C=O) groups excluding carboxylic acids is 1. The molecule has 3 rings (SSSR count). The molecule has 1 aromatic carbocycles. The first-order valence-electron chi connectivity index (χ1n) is 11.3. The van der Waals surface area contributed by atoms with Crippen molar-refractivity contribution in [3.8, 4) is 6.07 Å². The molecule has 1 aliphatic heterocycles. The lowest BCUT2D eigenvalue weighted by atomic mass is 10.1. The number of nitriles is 1. The van der Waals surface area contributed by atoms with Gasteiger partial charge in [0, 0.05) is 57.1 Å². The number of carbonyl (C=O) groups is 1. The van der Waals surface area contributed by atoms with Crippen molar-refractivity contribution >= 4 is 11.7 Å². The van der Waals surface area contributed by atoms with Crippen LogP contribution in [0, 0.1) is 17.2 Å². The molecule has 0 saturated carbocycles. The van der Waals surface area contributed by atoms with E-state index < -0.39 is 0 Å². The Morgan fingerprint density at radius 1 is 1.16 bits per heavy atom. The lowest BCUT2D eigenvalue weighted by Gasteiger charge is -2.34. The Hall–Kier alpha value is -3.02. The normalized spacial score (nSPS) is 14.8. The van der Waals surface area contributed by atoms with Gasteiger partial charge in [0.2, 0.25) is 5.82 Å². The number of hydrogen-bond acceptors (Lipinski definition) is 7. The Balaban J connectivity index is 1.60. The van der Waals surface area contributed by atoms with E-state index in [-0.39, 0.29) is 17.6 Å². The summed E-state index contributed by atoms with van der Waals surface area (Å²) in [5.41, 5.74) is 4.72. The van der Waals surface area contributed by atoms with E-state index in [1.807, 2.05) is 30.3 Å². The minimum absolute atomic E-state index is 0.0744. The number of amides is 1. The van der Waals surface area contributed by atoms with Crippen molar-refractivity contribution in [1.82, 2.24) is 25.2 Å². The molecular formula is C24H33N7O. The quantitative estimate of drug-likeness (QED) is 0.606. The number of hydrogen-bond donors (Lipinski definition) is 1. The number of aromatic nitrogens is 2. The number of nitrogens with zero attached hydrogens (tertiary/aromatic N) is 6. The summed E-state index contributed by atoms with van der Waals surface area (Å²) in [6.07, 6.45) is 2.73. The lowest BCUT2D eigenvalue weighted by Crippen LogP contribution is -2.46. The Kier molecular flexibility index (Phi) is 8.54. The number of nitrogens with one attached hydrogen (secondary N) is 1. The molecule has 0 aliphatic carbocycles. The van der Waals surface area contributed by atoms with Gasteiger partial charge in [-0.05, 0) is 36.6 Å². The molecule has 8 heteroatoms. The third kappa shape index (κ3) is 6.74. The first kappa shape index (κ1) is 23.6. The minimum atomic E-state index is -0.206. The van der Waals surface area contributed by atoms with E-state index in [0.29, 0.717) is 17.9 Å². The fourth-order valence-corrected chi connectivity index (χ4v) is 3.81. The van der Waals surface area contributed by atoms with Crippen LogP contribution in [0.15, 0.2) is 36.5 Å². The van der Waals surface area contributed by atoms with E-state index in [2.05, 4.69) is 46.0 Å². The summed E-state index contributed by atoms with van der Waals surface area (Å²) in [4.78, 5) is 26.0. The van der Waals surface area contributed by atoms with E-state index in [9.17, 15) is 4.79 Å². The van der Waals surface area contributed by atoms with Crippen LogP contribution in [0.3, 0.4) is 0 Å². The van der Waals surface area contributed by atoms with E-state index in [0.717, 1.165) is 32.7 Å². The largest absolute Gasteiger partial charge is 0.301 e. The van der Waals surface area contributed by atoms with Gasteiger partial charge in [0.05, 0.1) is 0 Å². The molecule has 2 heterocycles. The van der Waals surface area contributed by atoms with Gasteiger partial charge in [0.25, 0.3) is 5.91 Å². The molecule has 1 fully saturated rings. The summed E-state index contributed by atoms with van der Waals surface area (Å²) < 4.78 is 0. The van der Waals surface area contributed by atoms with Crippen LogP contribution in [0.1, 0.15) is 48.9 Å². The standard InChI is InChI=1S/C24H33N7O/c1-4-11-29-12-14-30(15-13-29)18-20-5-7-21(8-6-20)24(32)28-31(17-19(2)3)23-9-10-26-22(16-25)27-23/h5-10,19H,4,11-15,17-18H2,1-3H3,(H,28,32). The maximum atomic E-state index is 12.9. The van der Waals surface area contributed by atoms with Crippen molar-refractivity contribution in [2.24, 2.45) is 5.92 Å². The van der Waals surface area contributed by atoms with Crippen molar-refractivity contribution in [3.05, 3.63) is 53.5 Å². The second-order valence-electron chi connectivity index (χ2n) is 8.61. The molecule has 0 bridgehead atoms. The molecule has 0 radical (unpaired) electrons. The average Bonchev–Trinajstić information content (AvgIpc) is 2.80. The first-order chi connectivity index (χ1) is 15.5. The van der Waals surface area contributed by atoms with Gasteiger partial charge >= 0.3 is 0 Å². The maximum Gasteiger partial charge on any atom is 0.269 e. The zero-order chi connectivity index (χ0) is 22.9. The zero-order valence-electron chi connectivity index (χ0n) is 19.3. The highest BCUT2D eigenvalue weighted by molar-refractivity contribution is 5.95. The van der Waals surface area contributed by atoms with Gasteiger partial charge in [0.1, 0.15) is 6.07 Å². The summed E-state index contributed by atoms with van der Waals surface area (Å²) in [6, 6.07) is 11.4. The molecule has 170 valence electrons. The Morgan fingerprint density at radius 3 is 2.47 bits per heavy atom. The van der Waals surface area contributed by atoms with Crippen LogP contribution in [0.2, 0.25) is 0 Å². The lowest BCUT2D eigenvalue weighted by molar-refractivity contribution is 0.0947. The van der Waals surface area contributed by atoms with Gasteiger partial charge < -0.3 is 4.90 Å². The second kappa shape index (κ2) is 11.6. The van der Waals surface area contributed by atoms with E-state index in [1.54, 1.807) is 11.1 Å². The van der Waals surface area contributed by atoms with Gasteiger partial charge in [-0.1, -0.05) is 32.9 Å². The molecule has 1 amide bonds. The summed E-state index contributed by atoms with van der Waals surface area (Å²) in [5.74, 6) is 0.654. The van der Waals surface area contributed by atoms with Crippen molar-refractivity contribution in [1.29, 1.82) is 5.26 Å². The van der Waals surface area contributed by atoms with Crippen LogP contribution in [0.4, 0.5) is 5.82 Å². The number of anilines is 1. The Morgan fingerprint density at radius 2 is 1.84 bits per heavy atom. The fourth-order valence-electron chi connectivity index (χ4n) is 3.81. The van der Waals surface area contributed by atoms with Crippen molar-refractivity contribution in [3.63, 3.8) is 0 Å². The predicted octanol–water partition coefficient (Wildman–Crippen LogP) is 2.68. The molecule has 1 aromatic heterocycles. The summed E-state index contributed by atoms with van der Waals surface area (Å²) >= 11 is 0. The Bertz CT molecular complexity index is 915. The molecule has 0 atom stereocenters. The molecule has 0 unspecified atom stereocenters. The average molecular weight is 436 g/mol.